The first kappa shape index (κ1) is 104. The predicted molar refractivity (Wildman–Crippen MR) is 515 cm³/mol. The fourth-order valence-electron chi connectivity index (χ4n) is 19.0. The van der Waals surface area contributed by atoms with Crippen LogP contribution in [-0.4, -0.2) is 310 Å². The van der Waals surface area contributed by atoms with Crippen molar-refractivity contribution < 1.29 is 91.1 Å². The number of hydrogen-bond donors (Lipinski definition) is 2. The van der Waals surface area contributed by atoms with E-state index in [-0.39, 0.29) is 58.0 Å². The predicted octanol–water partition coefficient (Wildman–Crippen LogP) is 10.7. The number of fused-ring (bicyclic) bond motifs is 6. The smallest absolute Gasteiger partial charge is 0.282 e. The molecule has 8 aliphatic rings. The van der Waals surface area contributed by atoms with Gasteiger partial charge in [-0.2, -0.15) is 29.8 Å². The molecule has 7 saturated heterocycles. The Labute approximate surface area is 843 Å². The third-order valence-corrected chi connectivity index (χ3v) is 32.8. The summed E-state index contributed by atoms with van der Waals surface area (Å²) in [7, 11) is -13.0. The number of imidazole rings is 5. The van der Waals surface area contributed by atoms with Crippen molar-refractivity contribution in [3.05, 3.63) is 193 Å². The summed E-state index contributed by atoms with van der Waals surface area (Å²) in [6.45, 7) is 7.54. The van der Waals surface area contributed by atoms with E-state index in [2.05, 4.69) is 115 Å². The number of alkyl halides is 12. The van der Waals surface area contributed by atoms with E-state index in [9.17, 15) is 86.4 Å². The van der Waals surface area contributed by atoms with Crippen LogP contribution in [0.15, 0.2) is 154 Å². The number of halogens is 12. The van der Waals surface area contributed by atoms with Gasteiger partial charge in [0.25, 0.3) is 38.0 Å². The molecule has 0 amide bonds. The van der Waals surface area contributed by atoms with Crippen LogP contribution in [0, 0.1) is 17.8 Å². The second-order valence-corrected chi connectivity index (χ2v) is 45.1. The Balaban J connectivity index is 0.000000117. The highest BCUT2D eigenvalue weighted by molar-refractivity contribution is 7.90. The number of piperidine rings is 2. The highest BCUT2D eigenvalue weighted by atomic mass is 32.2. The topological polar surface area (TPSA) is 469 Å². The normalized spacial score (nSPS) is 20.1. The number of ether oxygens (including phenoxy) is 1. The second kappa shape index (κ2) is 42.9. The van der Waals surface area contributed by atoms with E-state index >= 15 is 0 Å². The summed E-state index contributed by atoms with van der Waals surface area (Å²) >= 11 is 0. The molecular weight excluding hydrogens is 2060 g/mol. The average molecular weight is 2150 g/mol. The molecule has 0 aromatic carbocycles. The highest BCUT2D eigenvalue weighted by Gasteiger charge is 2.69. The second-order valence-electron chi connectivity index (χ2n) is 37.1. The lowest BCUT2D eigenvalue weighted by molar-refractivity contribution is -0.122. The molecule has 8 fully saturated rings. The third-order valence-electron chi connectivity index (χ3n) is 27.2. The Morgan fingerprint density at radius 1 is 0.369 bits per heavy atom. The standard InChI is InChI=1S/C20H24F2N8O2S.C18H19F2N7O3S.2C18H20F2N6O2S.C17H14F4N6/c21-20(22)15-3-4-18-24-10-17(30(18)28-15)16-6-19(26-12-25-16)29-5-1-2-13(11-29)7-27-33(31,32)14-8-23-9-14;1-31(28,29)26-9-18(10-26)8-25(4-5-30-18)16-6-13(22-11-23-16)14-7-21-15-3-2-12(17(19)20)24-27(14)15;2*1-29(27,28)25-7-2-3-12(6-8-25)14-9-15(23-11-22-14)16-10-21-17-5-4-13(18(19)20)24-26(16)17;18-16(19)11-1-2-14-22-6-13(27(14)25-11)12-5-15(24-8-23-12)26-4-3-9-10(7-26)17(9,20)21/h3-4,6,10,12-14,20,23,27H,1-2,5,7-9,11H2;2-3,6-7,11,17H,4-5,8-10H2,1H3;2*4-5,9-12,18H,2-3,6-8H2,1H3;1-2,5-6,8-10,16H,3-4,7H2. The van der Waals surface area contributed by atoms with Crippen molar-refractivity contribution in [2.75, 3.05) is 138 Å². The van der Waals surface area contributed by atoms with Crippen LogP contribution in [0.25, 0.3) is 85.2 Å². The molecule has 0 bridgehead atoms. The van der Waals surface area contributed by atoms with Crippen molar-refractivity contribution in [2.24, 2.45) is 17.8 Å². The fourth-order valence-corrected chi connectivity index (χ4v) is 23.1. The number of anilines is 3. The first-order valence-electron chi connectivity index (χ1n) is 47.3. The maximum atomic E-state index is 13.6. The maximum Gasteiger partial charge on any atom is 0.282 e. The molecular formula is C91H97F12N33O9S4. The van der Waals surface area contributed by atoms with Crippen LogP contribution in [-0.2, 0) is 44.8 Å². The number of nitrogens with one attached hydrogen (secondary N) is 2. The summed E-state index contributed by atoms with van der Waals surface area (Å²) in [6.07, 6.45) is 11.5. The van der Waals surface area contributed by atoms with Crippen LogP contribution in [0.2, 0.25) is 0 Å². The van der Waals surface area contributed by atoms with Gasteiger partial charge in [0, 0.05) is 145 Å². The van der Waals surface area contributed by atoms with Gasteiger partial charge in [-0.25, -0.2) is 197 Å². The zero-order valence-electron chi connectivity index (χ0n) is 79.7. The molecule has 5 unspecified atom stereocenters. The zero-order valence-corrected chi connectivity index (χ0v) is 82.9. The number of nitrogens with zero attached hydrogens (tertiary/aromatic N) is 31. The van der Waals surface area contributed by atoms with E-state index in [1.807, 2.05) is 9.80 Å². The van der Waals surface area contributed by atoms with Crippen molar-refractivity contribution in [1.82, 2.24) is 146 Å². The van der Waals surface area contributed by atoms with E-state index in [1.165, 1.54) is 159 Å². The van der Waals surface area contributed by atoms with Crippen molar-refractivity contribution in [3.8, 4) is 56.9 Å². The number of hydrogen-bond acceptors (Lipinski definition) is 33. The van der Waals surface area contributed by atoms with E-state index in [0.717, 1.165) is 56.5 Å². The Kier molecular flexibility index (Phi) is 30.0. The molecule has 42 nitrogen and oxygen atoms in total. The van der Waals surface area contributed by atoms with Crippen LogP contribution >= 0.6 is 0 Å². The number of aromatic nitrogens is 25. The van der Waals surface area contributed by atoms with Gasteiger partial charge in [-0.05, 0) is 137 Å². The molecule has 1 spiro atoms. The summed E-state index contributed by atoms with van der Waals surface area (Å²) in [5.41, 5.74) is 6.38. The lowest BCUT2D eigenvalue weighted by atomic mass is 9.94. The fraction of sp³-hybridized carbons (Fsp3) is 0.451. The monoisotopic (exact) mass is 2150 g/mol. The molecule has 22 heterocycles. The van der Waals surface area contributed by atoms with Crippen molar-refractivity contribution in [1.29, 1.82) is 0 Å². The number of rotatable bonds is 22. The van der Waals surface area contributed by atoms with Gasteiger partial charge in [-0.1, -0.05) is 0 Å². The number of morpholine rings is 1. The Hall–Kier alpha value is -13.4. The quantitative estimate of drug-likeness (QED) is 0.0595. The number of sulfonamides is 4. The van der Waals surface area contributed by atoms with Gasteiger partial charge < -0.3 is 24.8 Å². The van der Waals surface area contributed by atoms with Gasteiger partial charge >= 0.3 is 0 Å². The van der Waals surface area contributed by atoms with Gasteiger partial charge in [0.15, 0.2) is 28.2 Å². The molecule has 58 heteroatoms. The van der Waals surface area contributed by atoms with Crippen molar-refractivity contribution in [3.63, 3.8) is 0 Å². The van der Waals surface area contributed by atoms with Gasteiger partial charge in [0.1, 0.15) is 117 Å². The Morgan fingerprint density at radius 2 is 0.718 bits per heavy atom. The van der Waals surface area contributed by atoms with Gasteiger partial charge in [-0.3, -0.25) is 0 Å². The van der Waals surface area contributed by atoms with Crippen LogP contribution in [0.5, 0.6) is 0 Å². The Morgan fingerprint density at radius 3 is 1.07 bits per heavy atom. The molecule has 15 aromatic heterocycles. The molecule has 15 aromatic rings. The minimum absolute atomic E-state index is 0.0901. The van der Waals surface area contributed by atoms with Crippen LogP contribution in [0.3, 0.4) is 0 Å². The van der Waals surface area contributed by atoms with Crippen molar-refractivity contribution >= 4 is 85.8 Å². The third kappa shape index (κ3) is 23.2. The summed E-state index contributed by atoms with van der Waals surface area (Å²) in [4.78, 5) is 69.9. The molecule has 1 saturated carbocycles. The largest absolute Gasteiger partial charge is 0.369 e. The molecule has 2 N–H and O–H groups in total. The van der Waals surface area contributed by atoms with Crippen LogP contribution < -0.4 is 24.7 Å². The Bertz CT molecular complexity index is 7720. The van der Waals surface area contributed by atoms with E-state index < -0.39 is 95.6 Å². The first-order valence-corrected chi connectivity index (χ1v) is 54.4. The molecule has 23 rings (SSSR count). The van der Waals surface area contributed by atoms with Crippen molar-refractivity contribution in [2.45, 2.75) is 119 Å². The molecule has 149 heavy (non-hydrogen) atoms. The lowest BCUT2D eigenvalue weighted by Crippen LogP contribution is -2.71. The lowest BCUT2D eigenvalue weighted by Gasteiger charge is -2.52. The van der Waals surface area contributed by atoms with Gasteiger partial charge in [0.2, 0.25) is 40.1 Å². The van der Waals surface area contributed by atoms with Gasteiger partial charge in [0.05, 0.1) is 91.4 Å². The van der Waals surface area contributed by atoms with Crippen LogP contribution in [0.1, 0.15) is 142 Å². The van der Waals surface area contributed by atoms with E-state index in [1.54, 1.807) is 48.9 Å². The summed E-state index contributed by atoms with van der Waals surface area (Å²) in [6, 6.07) is 22.4. The summed E-state index contributed by atoms with van der Waals surface area (Å²) in [5.74, 6) is -1.55. The minimum Gasteiger partial charge on any atom is -0.369 e. The van der Waals surface area contributed by atoms with E-state index in [4.69, 9.17) is 4.74 Å². The summed E-state index contributed by atoms with van der Waals surface area (Å²) < 4.78 is 273. The zero-order chi connectivity index (χ0) is 105. The van der Waals surface area contributed by atoms with Crippen LogP contribution in [0.4, 0.5) is 70.1 Å². The molecule has 1 aliphatic carbocycles. The highest BCUT2D eigenvalue weighted by Crippen LogP contribution is 2.59. The first-order chi connectivity index (χ1) is 71.2. The average Bonchev–Trinajstić information content (AvgIpc) is 1.58. The molecule has 5 atom stereocenters. The molecule has 7 aliphatic heterocycles. The summed E-state index contributed by atoms with van der Waals surface area (Å²) in [5, 5.41) is 22.5. The minimum atomic E-state index is -3.30. The molecule has 0 radical (unpaired) electrons. The maximum absolute atomic E-state index is 13.6. The molecule has 788 valence electrons. The van der Waals surface area contributed by atoms with E-state index in [0.29, 0.717) is 214 Å². The van der Waals surface area contributed by atoms with Gasteiger partial charge in [-0.15, -0.1) is 0 Å². The SMILES string of the molecule is CS(=O)(=O)N1CC2(CN(c3cc(-c4cnc5ccc(C(F)F)nn45)ncn3)CCO2)C1.CS(=O)(=O)N1CCCC(c2cc(-c3cnc4ccc(C(F)F)nn34)ncn2)CC1.CS(=O)(=O)N1CCCC(c2cc(-c3cnc4ccc(C(F)F)nn34)ncn2)CC1.FC(F)c1ccc2ncc(-c3cc(N4CCC5C(C4)C5(F)F)ncn3)n2n1.O=S(=O)(NCC1CCCN(c2cc(-c3cnc4ccc(C(F)F)nn34)ncn2)C1)C1CNC1.